The fourth-order valence-electron chi connectivity index (χ4n) is 2.32. The van der Waals surface area contributed by atoms with Gasteiger partial charge in [-0.3, -0.25) is 9.89 Å². The third-order valence-corrected chi connectivity index (χ3v) is 3.44. The molecule has 1 unspecified atom stereocenters. The number of hydrogen-bond donors (Lipinski definition) is 2. The summed E-state index contributed by atoms with van der Waals surface area (Å²) in [6.45, 7) is 1.60. The lowest BCUT2D eigenvalue weighted by Crippen LogP contribution is -2.38. The summed E-state index contributed by atoms with van der Waals surface area (Å²) in [5.41, 5.74) is 2.41. The standard InChI is InChI=1S/C12H20N4O/c1-13-5-6-16(2)12(17)9-3-4-10-8-14-15-11(10)7-9/h8-9,13H,3-7H2,1-2H3,(H,14,15). The highest BCUT2D eigenvalue weighted by Crippen LogP contribution is 2.24. The number of aryl methyl sites for hydroxylation is 1. The summed E-state index contributed by atoms with van der Waals surface area (Å²) in [6.07, 6.45) is 4.58. The molecule has 1 aliphatic rings. The Hall–Kier alpha value is -1.36. The number of carbonyl (C=O) groups excluding carboxylic acids is 1. The van der Waals surface area contributed by atoms with Crippen LogP contribution in [-0.4, -0.2) is 48.2 Å². The normalized spacial score (nSPS) is 18.8. The van der Waals surface area contributed by atoms with Crippen LogP contribution in [0.2, 0.25) is 0 Å². The van der Waals surface area contributed by atoms with Crippen LogP contribution in [0.3, 0.4) is 0 Å². The molecule has 5 nitrogen and oxygen atoms in total. The van der Waals surface area contributed by atoms with E-state index in [-0.39, 0.29) is 11.8 Å². The van der Waals surface area contributed by atoms with Crippen molar-refractivity contribution in [1.82, 2.24) is 20.4 Å². The van der Waals surface area contributed by atoms with E-state index in [2.05, 4.69) is 15.5 Å². The number of amides is 1. The van der Waals surface area contributed by atoms with Gasteiger partial charge in [0.25, 0.3) is 0 Å². The Kier molecular flexibility index (Phi) is 3.78. The van der Waals surface area contributed by atoms with Crippen molar-refractivity contribution in [3.05, 3.63) is 17.5 Å². The van der Waals surface area contributed by atoms with Gasteiger partial charge in [0.05, 0.1) is 6.20 Å². The summed E-state index contributed by atoms with van der Waals surface area (Å²) in [6, 6.07) is 0. The number of hydrogen-bond acceptors (Lipinski definition) is 3. The van der Waals surface area contributed by atoms with Gasteiger partial charge in [0, 0.05) is 38.2 Å². The Morgan fingerprint density at radius 2 is 2.53 bits per heavy atom. The SMILES string of the molecule is CNCCN(C)C(=O)C1CCc2cn[nH]c2C1. The number of H-pyrrole nitrogens is 1. The number of rotatable bonds is 4. The monoisotopic (exact) mass is 236 g/mol. The van der Waals surface area contributed by atoms with Gasteiger partial charge in [0.1, 0.15) is 0 Å². The minimum atomic E-state index is 0.116. The van der Waals surface area contributed by atoms with E-state index in [0.29, 0.717) is 0 Å². The van der Waals surface area contributed by atoms with E-state index in [1.165, 1.54) is 5.56 Å². The van der Waals surface area contributed by atoms with Crippen molar-refractivity contribution in [2.75, 3.05) is 27.2 Å². The van der Waals surface area contributed by atoms with Gasteiger partial charge in [-0.25, -0.2) is 0 Å². The van der Waals surface area contributed by atoms with E-state index >= 15 is 0 Å². The fourth-order valence-corrected chi connectivity index (χ4v) is 2.32. The van der Waals surface area contributed by atoms with Crippen molar-refractivity contribution in [1.29, 1.82) is 0 Å². The molecule has 1 atom stereocenters. The Labute approximate surface area is 102 Å². The molecule has 2 N–H and O–H groups in total. The average molecular weight is 236 g/mol. The van der Waals surface area contributed by atoms with Gasteiger partial charge in [0.2, 0.25) is 5.91 Å². The van der Waals surface area contributed by atoms with Crippen molar-refractivity contribution in [2.45, 2.75) is 19.3 Å². The van der Waals surface area contributed by atoms with Gasteiger partial charge in [-0.15, -0.1) is 0 Å². The Morgan fingerprint density at radius 3 is 3.29 bits per heavy atom. The molecule has 94 valence electrons. The van der Waals surface area contributed by atoms with E-state index in [9.17, 15) is 4.79 Å². The first kappa shape index (κ1) is 12.1. The molecule has 1 aromatic rings. The van der Waals surface area contributed by atoms with E-state index in [1.807, 2.05) is 25.2 Å². The molecule has 0 aliphatic heterocycles. The number of fused-ring (bicyclic) bond motifs is 1. The largest absolute Gasteiger partial charge is 0.344 e. The molecule has 0 fully saturated rings. The van der Waals surface area contributed by atoms with E-state index in [0.717, 1.165) is 38.0 Å². The molecular weight excluding hydrogens is 216 g/mol. The first-order chi connectivity index (χ1) is 8.22. The molecule has 0 aromatic carbocycles. The predicted octanol–water partition coefficient (Wildman–Crippen LogP) is 0.192. The van der Waals surface area contributed by atoms with Crippen LogP contribution in [0.1, 0.15) is 17.7 Å². The molecule has 1 heterocycles. The summed E-state index contributed by atoms with van der Waals surface area (Å²) in [7, 11) is 3.78. The summed E-state index contributed by atoms with van der Waals surface area (Å²) in [5, 5.41) is 10.1. The molecule has 1 amide bonds. The zero-order chi connectivity index (χ0) is 12.3. The van der Waals surface area contributed by atoms with Crippen LogP contribution in [0.4, 0.5) is 0 Å². The fraction of sp³-hybridized carbons (Fsp3) is 0.667. The summed E-state index contributed by atoms with van der Waals surface area (Å²) < 4.78 is 0. The summed E-state index contributed by atoms with van der Waals surface area (Å²) in [5.74, 6) is 0.366. The highest BCUT2D eigenvalue weighted by atomic mass is 16.2. The number of carbonyl (C=O) groups is 1. The second-order valence-electron chi connectivity index (χ2n) is 4.68. The Balaban J connectivity index is 1.93. The van der Waals surface area contributed by atoms with Crippen molar-refractivity contribution in [3.63, 3.8) is 0 Å². The zero-order valence-electron chi connectivity index (χ0n) is 10.5. The zero-order valence-corrected chi connectivity index (χ0v) is 10.5. The summed E-state index contributed by atoms with van der Waals surface area (Å²) >= 11 is 0. The summed E-state index contributed by atoms with van der Waals surface area (Å²) in [4.78, 5) is 14.0. The predicted molar refractivity (Wildman–Crippen MR) is 65.7 cm³/mol. The lowest BCUT2D eigenvalue weighted by molar-refractivity contribution is -0.134. The lowest BCUT2D eigenvalue weighted by Gasteiger charge is -2.26. The van der Waals surface area contributed by atoms with Crippen molar-refractivity contribution in [3.8, 4) is 0 Å². The van der Waals surface area contributed by atoms with Crippen LogP contribution in [0.25, 0.3) is 0 Å². The highest BCUT2D eigenvalue weighted by Gasteiger charge is 2.27. The van der Waals surface area contributed by atoms with Gasteiger partial charge < -0.3 is 10.2 Å². The molecule has 17 heavy (non-hydrogen) atoms. The maximum absolute atomic E-state index is 12.2. The Morgan fingerprint density at radius 1 is 1.71 bits per heavy atom. The molecule has 0 radical (unpaired) electrons. The maximum Gasteiger partial charge on any atom is 0.225 e. The number of nitrogens with one attached hydrogen (secondary N) is 2. The molecule has 1 aliphatic carbocycles. The first-order valence-corrected chi connectivity index (χ1v) is 6.13. The van der Waals surface area contributed by atoms with Gasteiger partial charge >= 0.3 is 0 Å². The first-order valence-electron chi connectivity index (χ1n) is 6.13. The second kappa shape index (κ2) is 5.31. The molecule has 2 rings (SSSR count). The third-order valence-electron chi connectivity index (χ3n) is 3.44. The minimum Gasteiger partial charge on any atom is -0.344 e. The average Bonchev–Trinajstić information content (AvgIpc) is 2.81. The molecule has 0 spiro atoms. The molecule has 1 aromatic heterocycles. The quantitative estimate of drug-likeness (QED) is 0.784. The topological polar surface area (TPSA) is 61.0 Å². The highest BCUT2D eigenvalue weighted by molar-refractivity contribution is 5.79. The number of aromatic amines is 1. The van der Waals surface area contributed by atoms with Gasteiger partial charge in [-0.1, -0.05) is 0 Å². The van der Waals surface area contributed by atoms with E-state index in [4.69, 9.17) is 0 Å². The van der Waals surface area contributed by atoms with Crippen LogP contribution in [0.5, 0.6) is 0 Å². The van der Waals surface area contributed by atoms with Crippen LogP contribution in [0, 0.1) is 5.92 Å². The molecule has 0 saturated carbocycles. The van der Waals surface area contributed by atoms with E-state index < -0.39 is 0 Å². The molecule has 5 heteroatoms. The third kappa shape index (κ3) is 2.66. The molecule has 0 saturated heterocycles. The van der Waals surface area contributed by atoms with Crippen molar-refractivity contribution >= 4 is 5.91 Å². The smallest absolute Gasteiger partial charge is 0.225 e. The van der Waals surface area contributed by atoms with Crippen LogP contribution < -0.4 is 5.32 Å². The number of likely N-dealkylation sites (N-methyl/N-ethyl adjacent to an activating group) is 2. The van der Waals surface area contributed by atoms with Gasteiger partial charge in [-0.2, -0.15) is 5.10 Å². The van der Waals surface area contributed by atoms with Crippen LogP contribution in [0.15, 0.2) is 6.20 Å². The maximum atomic E-state index is 12.2. The molecular formula is C12H20N4O. The number of nitrogens with zero attached hydrogens (tertiary/aromatic N) is 2. The van der Waals surface area contributed by atoms with Gasteiger partial charge in [0.15, 0.2) is 0 Å². The number of aromatic nitrogens is 2. The van der Waals surface area contributed by atoms with Crippen molar-refractivity contribution < 1.29 is 4.79 Å². The second-order valence-corrected chi connectivity index (χ2v) is 4.68. The Bertz CT molecular complexity index is 388. The van der Waals surface area contributed by atoms with E-state index in [1.54, 1.807) is 0 Å². The van der Waals surface area contributed by atoms with Gasteiger partial charge in [-0.05, 0) is 25.5 Å². The van der Waals surface area contributed by atoms with Crippen LogP contribution >= 0.6 is 0 Å². The van der Waals surface area contributed by atoms with Crippen molar-refractivity contribution in [2.24, 2.45) is 5.92 Å². The molecule has 0 bridgehead atoms. The lowest BCUT2D eigenvalue weighted by atomic mass is 9.87. The van der Waals surface area contributed by atoms with Crippen LogP contribution in [-0.2, 0) is 17.6 Å². The minimum absolute atomic E-state index is 0.116.